The van der Waals surface area contributed by atoms with Gasteiger partial charge in [-0.05, 0) is 42.0 Å². The maximum atomic E-state index is 10.8. The van der Waals surface area contributed by atoms with E-state index in [9.17, 15) is 5.11 Å². The van der Waals surface area contributed by atoms with Gasteiger partial charge in [0.1, 0.15) is 5.75 Å². The molecule has 0 radical (unpaired) electrons. The molecule has 0 unspecified atom stereocenters. The molecule has 25 heavy (non-hydrogen) atoms. The Morgan fingerprint density at radius 3 is 2.12 bits per heavy atom. The first-order chi connectivity index (χ1) is 11.5. The van der Waals surface area contributed by atoms with Gasteiger partial charge >= 0.3 is 0 Å². The Bertz CT molecular complexity index is 647. The number of aliphatic imine (C=N–C) groups is 2. The quantitative estimate of drug-likeness (QED) is 0.733. The Morgan fingerprint density at radius 1 is 1.00 bits per heavy atom. The second-order valence-electron chi connectivity index (χ2n) is 9.34. The van der Waals surface area contributed by atoms with Crippen LogP contribution in [0.4, 0.5) is 0 Å². The van der Waals surface area contributed by atoms with Crippen molar-refractivity contribution < 1.29 is 5.11 Å². The minimum atomic E-state index is -0.121. The summed E-state index contributed by atoms with van der Waals surface area (Å²) in [5, 5.41) is 10.8. The highest BCUT2D eigenvalue weighted by Crippen LogP contribution is 2.37. The van der Waals surface area contributed by atoms with Crippen molar-refractivity contribution in [2.75, 3.05) is 0 Å². The summed E-state index contributed by atoms with van der Waals surface area (Å²) in [6, 6.07) is 4.61. The van der Waals surface area contributed by atoms with Crippen LogP contribution in [-0.4, -0.2) is 30.1 Å². The molecule has 1 saturated carbocycles. The molecule has 138 valence electrons. The topological polar surface area (TPSA) is 45.0 Å². The summed E-state index contributed by atoms with van der Waals surface area (Å²) in [5.74, 6) is 0.350. The third-order valence-electron chi connectivity index (χ3n) is 5.15. The molecule has 1 aliphatic carbocycles. The van der Waals surface area contributed by atoms with Gasteiger partial charge in [0.25, 0.3) is 0 Å². The van der Waals surface area contributed by atoms with Crippen molar-refractivity contribution >= 4 is 12.9 Å². The van der Waals surface area contributed by atoms with E-state index in [1.165, 1.54) is 18.4 Å². The molecular weight excluding hydrogens is 308 g/mol. The molecule has 1 aromatic rings. The average Bonchev–Trinajstić information content (AvgIpc) is 2.51. The maximum Gasteiger partial charge on any atom is 0.128 e. The SMILES string of the molecule is C=N[C@@H]1CCCC[C@H]1N=Cc1cc(C(C)(C)C)cc(C(C)(C)C)c1O. The molecule has 1 aliphatic rings. The van der Waals surface area contributed by atoms with Crippen LogP contribution in [0.2, 0.25) is 0 Å². The molecule has 2 atom stereocenters. The van der Waals surface area contributed by atoms with Crippen LogP contribution < -0.4 is 0 Å². The zero-order valence-corrected chi connectivity index (χ0v) is 16.8. The summed E-state index contributed by atoms with van der Waals surface area (Å²) in [7, 11) is 0. The molecule has 0 aliphatic heterocycles. The Labute approximate surface area is 153 Å². The molecule has 1 aromatic carbocycles. The second kappa shape index (κ2) is 7.31. The second-order valence-corrected chi connectivity index (χ2v) is 9.34. The average molecular weight is 343 g/mol. The fourth-order valence-electron chi connectivity index (χ4n) is 3.41. The number of benzene rings is 1. The van der Waals surface area contributed by atoms with Crippen LogP contribution >= 0.6 is 0 Å². The van der Waals surface area contributed by atoms with Crippen molar-refractivity contribution in [2.24, 2.45) is 9.98 Å². The van der Waals surface area contributed by atoms with E-state index in [1.807, 2.05) is 6.21 Å². The molecule has 3 nitrogen and oxygen atoms in total. The first-order valence-electron chi connectivity index (χ1n) is 9.41. The molecule has 0 aromatic heterocycles. The highest BCUT2D eigenvalue weighted by molar-refractivity contribution is 5.85. The molecule has 0 saturated heterocycles. The predicted octanol–water partition coefficient (Wildman–Crippen LogP) is 5.42. The fraction of sp³-hybridized carbons (Fsp3) is 0.636. The van der Waals surface area contributed by atoms with E-state index in [1.54, 1.807) is 0 Å². The lowest BCUT2D eigenvalue weighted by molar-refractivity contribution is 0.390. The lowest BCUT2D eigenvalue weighted by Gasteiger charge is -2.27. The molecule has 0 spiro atoms. The molecule has 0 heterocycles. The normalized spacial score (nSPS) is 22.3. The van der Waals surface area contributed by atoms with Gasteiger partial charge in [-0.15, -0.1) is 0 Å². The summed E-state index contributed by atoms with van der Waals surface area (Å²) in [6.07, 6.45) is 6.36. The van der Waals surface area contributed by atoms with E-state index in [4.69, 9.17) is 4.99 Å². The van der Waals surface area contributed by atoms with Crippen LogP contribution in [0.5, 0.6) is 5.75 Å². The Morgan fingerprint density at radius 2 is 1.60 bits per heavy atom. The summed E-state index contributed by atoms with van der Waals surface area (Å²) in [5.41, 5.74) is 2.91. The van der Waals surface area contributed by atoms with E-state index in [0.717, 1.165) is 24.0 Å². The Kier molecular flexibility index (Phi) is 5.75. The third-order valence-corrected chi connectivity index (χ3v) is 5.15. The van der Waals surface area contributed by atoms with Crippen molar-refractivity contribution in [2.45, 2.75) is 90.1 Å². The van der Waals surface area contributed by atoms with E-state index in [0.29, 0.717) is 5.75 Å². The number of hydrogen-bond donors (Lipinski definition) is 1. The summed E-state index contributed by atoms with van der Waals surface area (Å²) >= 11 is 0. The molecule has 0 amide bonds. The zero-order valence-electron chi connectivity index (χ0n) is 16.8. The number of rotatable bonds is 3. The Hall–Kier alpha value is -1.64. The van der Waals surface area contributed by atoms with Gasteiger partial charge in [-0.3, -0.25) is 9.98 Å². The molecule has 1 fully saturated rings. The van der Waals surface area contributed by atoms with Crippen LogP contribution in [0, 0.1) is 0 Å². The van der Waals surface area contributed by atoms with Gasteiger partial charge in [-0.1, -0.05) is 60.5 Å². The maximum absolute atomic E-state index is 10.8. The van der Waals surface area contributed by atoms with Crippen molar-refractivity contribution in [1.82, 2.24) is 0 Å². The summed E-state index contributed by atoms with van der Waals surface area (Å²) in [4.78, 5) is 9.05. The predicted molar refractivity (Wildman–Crippen MR) is 109 cm³/mol. The monoisotopic (exact) mass is 342 g/mol. The molecular formula is C22H34N2O. The first kappa shape index (κ1) is 19.7. The number of aromatic hydroxyl groups is 1. The van der Waals surface area contributed by atoms with Crippen molar-refractivity contribution in [3.05, 3.63) is 28.8 Å². The van der Waals surface area contributed by atoms with Crippen LogP contribution in [0.3, 0.4) is 0 Å². The lowest BCUT2D eigenvalue weighted by Crippen LogP contribution is -2.26. The van der Waals surface area contributed by atoms with E-state index in [2.05, 4.69) is 65.4 Å². The van der Waals surface area contributed by atoms with Crippen LogP contribution in [0.15, 0.2) is 22.1 Å². The number of hydrogen-bond acceptors (Lipinski definition) is 3. The summed E-state index contributed by atoms with van der Waals surface area (Å²) < 4.78 is 0. The Balaban J connectivity index is 2.45. The smallest absolute Gasteiger partial charge is 0.128 e. The van der Waals surface area contributed by atoms with E-state index < -0.39 is 0 Å². The molecule has 0 bridgehead atoms. The minimum absolute atomic E-state index is 0.0202. The van der Waals surface area contributed by atoms with Crippen LogP contribution in [-0.2, 0) is 10.8 Å². The zero-order chi connectivity index (χ0) is 18.8. The van der Waals surface area contributed by atoms with Gasteiger partial charge < -0.3 is 5.11 Å². The van der Waals surface area contributed by atoms with Crippen molar-refractivity contribution in [3.63, 3.8) is 0 Å². The van der Waals surface area contributed by atoms with E-state index >= 15 is 0 Å². The lowest BCUT2D eigenvalue weighted by atomic mass is 9.79. The van der Waals surface area contributed by atoms with Gasteiger partial charge in [-0.25, -0.2) is 0 Å². The number of nitrogens with zero attached hydrogens (tertiary/aromatic N) is 2. The van der Waals surface area contributed by atoms with E-state index in [-0.39, 0.29) is 22.9 Å². The molecule has 2 rings (SSSR count). The highest BCUT2D eigenvalue weighted by atomic mass is 16.3. The minimum Gasteiger partial charge on any atom is -0.507 e. The number of phenolic OH excluding ortho intramolecular Hbond substituents is 1. The van der Waals surface area contributed by atoms with Crippen LogP contribution in [0.25, 0.3) is 0 Å². The fourth-order valence-corrected chi connectivity index (χ4v) is 3.41. The van der Waals surface area contributed by atoms with Crippen LogP contribution in [0.1, 0.15) is 83.9 Å². The first-order valence-corrected chi connectivity index (χ1v) is 9.41. The third kappa shape index (κ3) is 4.71. The largest absolute Gasteiger partial charge is 0.507 e. The molecule has 3 heteroatoms. The number of phenols is 1. The highest BCUT2D eigenvalue weighted by Gasteiger charge is 2.26. The van der Waals surface area contributed by atoms with Gasteiger partial charge in [0.15, 0.2) is 0 Å². The van der Waals surface area contributed by atoms with Gasteiger partial charge in [-0.2, -0.15) is 0 Å². The van der Waals surface area contributed by atoms with Gasteiger partial charge in [0.2, 0.25) is 0 Å². The summed E-state index contributed by atoms with van der Waals surface area (Å²) in [6.45, 7) is 16.7. The standard InChI is InChI=1S/C22H34N2O/c1-21(2,3)16-12-15(20(25)17(13-16)22(4,5)6)14-24-19-11-9-8-10-18(19)23-7/h12-14,18-19,25H,7-11H2,1-6H3/t18-,19-/m1/s1. The molecule has 1 N–H and O–H groups in total. The van der Waals surface area contributed by atoms with Gasteiger partial charge in [0.05, 0.1) is 12.1 Å². The van der Waals surface area contributed by atoms with Gasteiger partial charge in [0, 0.05) is 17.3 Å². The van der Waals surface area contributed by atoms with Crippen molar-refractivity contribution in [1.29, 1.82) is 0 Å². The van der Waals surface area contributed by atoms with Crippen molar-refractivity contribution in [3.8, 4) is 5.75 Å².